The van der Waals surface area contributed by atoms with Gasteiger partial charge in [0.15, 0.2) is 0 Å². The first-order valence-electron chi connectivity index (χ1n) is 4.90. The van der Waals surface area contributed by atoms with E-state index in [9.17, 15) is 8.78 Å². The minimum atomic E-state index is -2.53. The van der Waals surface area contributed by atoms with E-state index in [-0.39, 0.29) is 25.0 Å². The van der Waals surface area contributed by atoms with Gasteiger partial charge in [0.05, 0.1) is 12.2 Å². The van der Waals surface area contributed by atoms with Crippen LogP contribution < -0.4 is 5.73 Å². The van der Waals surface area contributed by atoms with Crippen molar-refractivity contribution in [1.29, 1.82) is 0 Å². The summed E-state index contributed by atoms with van der Waals surface area (Å²) in [6, 6.07) is 0. The molecule has 0 unspecified atom stereocenters. The lowest BCUT2D eigenvalue weighted by atomic mass is 9.66. The first kappa shape index (κ1) is 11.9. The van der Waals surface area contributed by atoms with E-state index in [0.717, 1.165) is 0 Å². The Kier molecular flexibility index (Phi) is 2.89. The summed E-state index contributed by atoms with van der Waals surface area (Å²) in [7, 11) is 0. The normalized spacial score (nSPS) is 24.4. The zero-order valence-corrected chi connectivity index (χ0v) is 9.07. The van der Waals surface area contributed by atoms with Crippen LogP contribution in [-0.4, -0.2) is 24.7 Å². The molecule has 1 aliphatic rings. The lowest BCUT2D eigenvalue weighted by Gasteiger charge is -2.47. The van der Waals surface area contributed by atoms with Crippen molar-refractivity contribution in [1.82, 2.24) is 0 Å². The topological polar surface area (TPSA) is 35.2 Å². The molecule has 4 heteroatoms. The van der Waals surface area contributed by atoms with E-state index in [4.69, 9.17) is 10.5 Å². The molecule has 0 aromatic heterocycles. The van der Waals surface area contributed by atoms with Gasteiger partial charge in [0.2, 0.25) is 5.92 Å². The van der Waals surface area contributed by atoms with Crippen LogP contribution in [0.2, 0.25) is 0 Å². The van der Waals surface area contributed by atoms with Crippen LogP contribution in [0, 0.1) is 5.41 Å². The SMILES string of the molecule is CC(C)(C)OCC1(CN)CC(F)(F)C1. The molecular formula is C10H19F2NO. The molecule has 84 valence electrons. The molecule has 0 saturated heterocycles. The van der Waals surface area contributed by atoms with Crippen LogP contribution in [0.4, 0.5) is 8.78 Å². The summed E-state index contributed by atoms with van der Waals surface area (Å²) in [6.45, 7) is 6.34. The van der Waals surface area contributed by atoms with E-state index in [1.54, 1.807) is 0 Å². The van der Waals surface area contributed by atoms with Gasteiger partial charge in [0.25, 0.3) is 0 Å². The summed E-state index contributed by atoms with van der Waals surface area (Å²) in [5.41, 5.74) is 4.73. The van der Waals surface area contributed by atoms with Crippen molar-refractivity contribution >= 4 is 0 Å². The van der Waals surface area contributed by atoms with E-state index in [1.807, 2.05) is 20.8 Å². The maximum Gasteiger partial charge on any atom is 0.249 e. The van der Waals surface area contributed by atoms with Gasteiger partial charge in [-0.2, -0.15) is 0 Å². The Morgan fingerprint density at radius 1 is 1.29 bits per heavy atom. The molecule has 0 bridgehead atoms. The molecule has 0 spiro atoms. The third-order valence-corrected chi connectivity index (χ3v) is 2.51. The lowest BCUT2D eigenvalue weighted by molar-refractivity contribution is -0.192. The Bertz CT molecular complexity index is 203. The van der Waals surface area contributed by atoms with Gasteiger partial charge < -0.3 is 10.5 Å². The standard InChI is InChI=1S/C10H19F2NO/c1-8(2,3)14-7-9(6-13)4-10(11,12)5-9/h4-7,13H2,1-3H3. The highest BCUT2D eigenvalue weighted by Gasteiger charge is 2.56. The summed E-state index contributed by atoms with van der Waals surface area (Å²) >= 11 is 0. The third kappa shape index (κ3) is 2.89. The molecule has 1 aliphatic carbocycles. The van der Waals surface area contributed by atoms with Crippen LogP contribution in [0.15, 0.2) is 0 Å². The van der Waals surface area contributed by atoms with Crippen LogP contribution in [0.3, 0.4) is 0 Å². The quantitative estimate of drug-likeness (QED) is 0.769. The van der Waals surface area contributed by atoms with Crippen LogP contribution in [0.5, 0.6) is 0 Å². The number of ether oxygens (including phenoxy) is 1. The minimum absolute atomic E-state index is 0.132. The zero-order valence-electron chi connectivity index (χ0n) is 9.07. The zero-order chi connectivity index (χ0) is 11.0. The number of alkyl halides is 2. The number of rotatable bonds is 3. The lowest BCUT2D eigenvalue weighted by Crippen LogP contribution is -2.53. The van der Waals surface area contributed by atoms with E-state index >= 15 is 0 Å². The van der Waals surface area contributed by atoms with E-state index < -0.39 is 11.3 Å². The second kappa shape index (κ2) is 3.42. The van der Waals surface area contributed by atoms with Gasteiger partial charge in [-0.25, -0.2) is 8.78 Å². The number of halogens is 2. The van der Waals surface area contributed by atoms with Crippen LogP contribution >= 0.6 is 0 Å². The molecule has 0 aliphatic heterocycles. The first-order chi connectivity index (χ1) is 6.18. The second-order valence-electron chi connectivity index (χ2n) is 5.31. The predicted molar refractivity (Wildman–Crippen MR) is 51.4 cm³/mol. The van der Waals surface area contributed by atoms with Gasteiger partial charge >= 0.3 is 0 Å². The average Bonchev–Trinajstić information content (AvgIpc) is 1.95. The average molecular weight is 207 g/mol. The Balaban J connectivity index is 2.43. The molecule has 14 heavy (non-hydrogen) atoms. The van der Waals surface area contributed by atoms with E-state index in [1.165, 1.54) is 0 Å². The highest BCUT2D eigenvalue weighted by Crippen LogP contribution is 2.51. The number of hydrogen-bond donors (Lipinski definition) is 1. The monoisotopic (exact) mass is 207 g/mol. The van der Waals surface area contributed by atoms with Crippen molar-refractivity contribution in [2.75, 3.05) is 13.2 Å². The molecule has 1 rings (SSSR count). The first-order valence-corrected chi connectivity index (χ1v) is 4.90. The van der Waals surface area contributed by atoms with Gasteiger partial charge in [-0.3, -0.25) is 0 Å². The summed E-state index contributed by atoms with van der Waals surface area (Å²) in [4.78, 5) is 0. The fourth-order valence-corrected chi connectivity index (χ4v) is 1.72. The molecule has 0 aromatic carbocycles. The number of hydrogen-bond acceptors (Lipinski definition) is 2. The van der Waals surface area contributed by atoms with Crippen molar-refractivity contribution in [2.24, 2.45) is 11.1 Å². The van der Waals surface area contributed by atoms with Crippen LogP contribution in [0.1, 0.15) is 33.6 Å². The Morgan fingerprint density at radius 2 is 1.79 bits per heavy atom. The molecule has 2 N–H and O–H groups in total. The maximum absolute atomic E-state index is 12.7. The molecule has 1 fully saturated rings. The molecule has 1 saturated carbocycles. The molecule has 2 nitrogen and oxygen atoms in total. The minimum Gasteiger partial charge on any atom is -0.375 e. The highest BCUT2D eigenvalue weighted by atomic mass is 19.3. The van der Waals surface area contributed by atoms with Crippen molar-refractivity contribution in [3.8, 4) is 0 Å². The fourth-order valence-electron chi connectivity index (χ4n) is 1.72. The Labute approximate surface area is 83.8 Å². The van der Waals surface area contributed by atoms with Crippen molar-refractivity contribution in [3.63, 3.8) is 0 Å². The predicted octanol–water partition coefficient (Wildman–Crippen LogP) is 2.18. The summed E-state index contributed by atoms with van der Waals surface area (Å²) in [5, 5.41) is 0. The van der Waals surface area contributed by atoms with Gasteiger partial charge in [-0.05, 0) is 20.8 Å². The van der Waals surface area contributed by atoms with Crippen molar-refractivity contribution in [2.45, 2.75) is 45.1 Å². The molecule has 0 radical (unpaired) electrons. The molecule has 0 amide bonds. The van der Waals surface area contributed by atoms with Gasteiger partial charge in [-0.15, -0.1) is 0 Å². The Hall–Kier alpha value is -0.220. The van der Waals surface area contributed by atoms with Crippen molar-refractivity contribution < 1.29 is 13.5 Å². The van der Waals surface area contributed by atoms with Crippen molar-refractivity contribution in [3.05, 3.63) is 0 Å². The fraction of sp³-hybridized carbons (Fsp3) is 1.00. The highest BCUT2D eigenvalue weighted by molar-refractivity contribution is 4.99. The molecule has 0 atom stereocenters. The molecular weight excluding hydrogens is 188 g/mol. The largest absolute Gasteiger partial charge is 0.375 e. The summed E-state index contributed by atoms with van der Waals surface area (Å²) in [5.74, 6) is -2.53. The maximum atomic E-state index is 12.7. The van der Waals surface area contributed by atoms with Gasteiger partial charge in [-0.1, -0.05) is 0 Å². The van der Waals surface area contributed by atoms with Crippen LogP contribution in [-0.2, 0) is 4.74 Å². The van der Waals surface area contributed by atoms with Crippen LogP contribution in [0.25, 0.3) is 0 Å². The third-order valence-electron chi connectivity index (χ3n) is 2.51. The summed E-state index contributed by atoms with van der Waals surface area (Å²) < 4.78 is 31.0. The number of nitrogens with two attached hydrogens (primary N) is 1. The smallest absolute Gasteiger partial charge is 0.249 e. The second-order valence-corrected chi connectivity index (χ2v) is 5.31. The molecule has 0 heterocycles. The van der Waals surface area contributed by atoms with Gasteiger partial charge in [0.1, 0.15) is 0 Å². The van der Waals surface area contributed by atoms with Gasteiger partial charge in [0, 0.05) is 24.8 Å². The molecule has 0 aromatic rings. The van der Waals surface area contributed by atoms with E-state index in [0.29, 0.717) is 6.61 Å². The van der Waals surface area contributed by atoms with E-state index in [2.05, 4.69) is 0 Å². The Morgan fingerprint density at radius 3 is 2.07 bits per heavy atom. The summed E-state index contributed by atoms with van der Waals surface area (Å²) in [6.07, 6.45) is -0.265.